The van der Waals surface area contributed by atoms with Crippen LogP contribution in [-0.2, 0) is 6.54 Å². The molecule has 1 saturated carbocycles. The predicted molar refractivity (Wildman–Crippen MR) is 73.5 cm³/mol. The van der Waals surface area contributed by atoms with E-state index in [-0.39, 0.29) is 6.10 Å². The maximum absolute atomic E-state index is 10.2. The van der Waals surface area contributed by atoms with E-state index in [9.17, 15) is 5.11 Å². The van der Waals surface area contributed by atoms with Gasteiger partial charge in [-0.05, 0) is 32.2 Å². The Hall–Kier alpha value is -0.450. The molecule has 3 unspecified atom stereocenters. The minimum atomic E-state index is -0.0641. The first-order valence-electron chi connectivity index (χ1n) is 7.14. The van der Waals surface area contributed by atoms with E-state index in [1.165, 1.54) is 43.5 Å². The fraction of sp³-hybridized carbons (Fsp3) is 0.786. The molecule has 0 spiro atoms. The summed E-state index contributed by atoms with van der Waals surface area (Å²) in [4.78, 5) is 8.09. The first kappa shape index (κ1) is 12.6. The Bertz CT molecular complexity index is 368. The van der Waals surface area contributed by atoms with Gasteiger partial charge in [-0.25, -0.2) is 0 Å². The van der Waals surface area contributed by atoms with Crippen LogP contribution in [0.25, 0.3) is 0 Å². The van der Waals surface area contributed by atoms with Crippen LogP contribution in [0.4, 0.5) is 0 Å². The van der Waals surface area contributed by atoms with Crippen molar-refractivity contribution in [2.45, 2.75) is 57.2 Å². The van der Waals surface area contributed by atoms with Gasteiger partial charge in [-0.15, -0.1) is 11.3 Å². The molecule has 0 aromatic carbocycles. The summed E-state index contributed by atoms with van der Waals surface area (Å²) in [5, 5.41) is 10.2. The van der Waals surface area contributed by atoms with Gasteiger partial charge in [-0.3, -0.25) is 9.88 Å². The minimum Gasteiger partial charge on any atom is -0.393 e. The SMILES string of the molecule is OC1CCCCC1C1CCCN1Cc1cncs1. The van der Waals surface area contributed by atoms with Gasteiger partial charge >= 0.3 is 0 Å². The van der Waals surface area contributed by atoms with E-state index in [4.69, 9.17) is 0 Å². The molecule has 0 radical (unpaired) electrons. The number of aliphatic hydroxyl groups excluding tert-OH is 1. The van der Waals surface area contributed by atoms with E-state index in [0.717, 1.165) is 13.0 Å². The van der Waals surface area contributed by atoms with Gasteiger partial charge in [0.15, 0.2) is 0 Å². The molecule has 100 valence electrons. The molecule has 2 heterocycles. The molecule has 2 aliphatic rings. The highest BCUT2D eigenvalue weighted by atomic mass is 32.1. The summed E-state index contributed by atoms with van der Waals surface area (Å²) in [6.45, 7) is 2.21. The molecular weight excluding hydrogens is 244 g/mol. The van der Waals surface area contributed by atoms with Crippen molar-refractivity contribution in [3.05, 3.63) is 16.6 Å². The van der Waals surface area contributed by atoms with Crippen LogP contribution in [0.2, 0.25) is 0 Å². The van der Waals surface area contributed by atoms with E-state index in [2.05, 4.69) is 9.88 Å². The van der Waals surface area contributed by atoms with Crippen LogP contribution in [0.3, 0.4) is 0 Å². The van der Waals surface area contributed by atoms with Crippen LogP contribution in [0.15, 0.2) is 11.7 Å². The third-order valence-corrected chi connectivity index (χ3v) is 5.30. The van der Waals surface area contributed by atoms with Gasteiger partial charge in [0.25, 0.3) is 0 Å². The number of aromatic nitrogens is 1. The summed E-state index contributed by atoms with van der Waals surface area (Å²) < 4.78 is 0. The molecule has 3 rings (SSSR count). The summed E-state index contributed by atoms with van der Waals surface area (Å²) in [6, 6.07) is 0.599. The summed E-state index contributed by atoms with van der Waals surface area (Å²) >= 11 is 1.74. The van der Waals surface area contributed by atoms with E-state index in [0.29, 0.717) is 12.0 Å². The quantitative estimate of drug-likeness (QED) is 0.913. The van der Waals surface area contributed by atoms with Crippen molar-refractivity contribution in [1.29, 1.82) is 0 Å². The fourth-order valence-electron chi connectivity index (χ4n) is 3.64. The monoisotopic (exact) mass is 266 g/mol. The zero-order chi connectivity index (χ0) is 12.4. The summed E-state index contributed by atoms with van der Waals surface area (Å²) in [5.74, 6) is 0.508. The highest BCUT2D eigenvalue weighted by Gasteiger charge is 2.36. The molecule has 1 aromatic rings. The lowest BCUT2D eigenvalue weighted by Crippen LogP contribution is -2.42. The lowest BCUT2D eigenvalue weighted by molar-refractivity contribution is 0.0204. The molecule has 1 N–H and O–H groups in total. The van der Waals surface area contributed by atoms with E-state index >= 15 is 0 Å². The summed E-state index contributed by atoms with van der Waals surface area (Å²) in [6.07, 6.45) is 9.20. The van der Waals surface area contributed by atoms with Crippen molar-refractivity contribution in [1.82, 2.24) is 9.88 Å². The van der Waals surface area contributed by atoms with Gasteiger partial charge < -0.3 is 5.11 Å². The van der Waals surface area contributed by atoms with Crippen molar-refractivity contribution in [2.75, 3.05) is 6.54 Å². The molecule has 3 atom stereocenters. The average molecular weight is 266 g/mol. The second kappa shape index (κ2) is 5.68. The van der Waals surface area contributed by atoms with E-state index < -0.39 is 0 Å². The number of nitrogens with zero attached hydrogens (tertiary/aromatic N) is 2. The minimum absolute atomic E-state index is 0.0641. The Morgan fingerprint density at radius 3 is 2.94 bits per heavy atom. The Morgan fingerprint density at radius 1 is 1.28 bits per heavy atom. The number of rotatable bonds is 3. The normalized spacial score (nSPS) is 33.9. The van der Waals surface area contributed by atoms with Gasteiger partial charge in [-0.1, -0.05) is 12.8 Å². The molecule has 0 amide bonds. The third kappa shape index (κ3) is 2.60. The lowest BCUT2D eigenvalue weighted by Gasteiger charge is -2.37. The van der Waals surface area contributed by atoms with Gasteiger partial charge in [0.1, 0.15) is 0 Å². The first-order valence-corrected chi connectivity index (χ1v) is 8.02. The van der Waals surface area contributed by atoms with Gasteiger partial charge in [0.2, 0.25) is 0 Å². The fourth-order valence-corrected chi connectivity index (χ4v) is 4.26. The van der Waals surface area contributed by atoms with Crippen molar-refractivity contribution < 1.29 is 5.11 Å². The summed E-state index contributed by atoms with van der Waals surface area (Å²) in [5.41, 5.74) is 1.91. The van der Waals surface area contributed by atoms with Crippen LogP contribution in [0.5, 0.6) is 0 Å². The predicted octanol–water partition coefficient (Wildman–Crippen LogP) is 2.66. The largest absolute Gasteiger partial charge is 0.393 e. The van der Waals surface area contributed by atoms with E-state index in [1.54, 1.807) is 11.3 Å². The van der Waals surface area contributed by atoms with Gasteiger partial charge in [-0.2, -0.15) is 0 Å². The maximum atomic E-state index is 10.2. The molecule has 1 aliphatic heterocycles. The van der Waals surface area contributed by atoms with Crippen LogP contribution in [-0.4, -0.2) is 33.7 Å². The number of likely N-dealkylation sites (tertiary alicyclic amines) is 1. The topological polar surface area (TPSA) is 36.4 Å². The zero-order valence-electron chi connectivity index (χ0n) is 10.8. The van der Waals surface area contributed by atoms with Crippen molar-refractivity contribution >= 4 is 11.3 Å². The lowest BCUT2D eigenvalue weighted by atomic mass is 9.80. The Labute approximate surface area is 113 Å². The molecular formula is C14H22N2OS. The van der Waals surface area contributed by atoms with Crippen molar-refractivity contribution in [2.24, 2.45) is 5.92 Å². The molecule has 0 bridgehead atoms. The molecule has 3 nitrogen and oxygen atoms in total. The smallest absolute Gasteiger partial charge is 0.0794 e. The van der Waals surface area contributed by atoms with Crippen LogP contribution >= 0.6 is 11.3 Å². The van der Waals surface area contributed by atoms with Crippen LogP contribution in [0.1, 0.15) is 43.4 Å². The highest BCUT2D eigenvalue weighted by molar-refractivity contribution is 7.09. The number of thiazole rings is 1. The molecule has 1 aromatic heterocycles. The molecule has 4 heteroatoms. The standard InChI is InChI=1S/C14H22N2OS/c17-14-6-2-1-4-12(14)13-5-3-7-16(13)9-11-8-15-10-18-11/h8,10,12-14,17H,1-7,9H2. The summed E-state index contributed by atoms with van der Waals surface area (Å²) in [7, 11) is 0. The van der Waals surface area contributed by atoms with Gasteiger partial charge in [0.05, 0.1) is 11.6 Å². The van der Waals surface area contributed by atoms with Crippen LogP contribution < -0.4 is 0 Å². The van der Waals surface area contributed by atoms with Gasteiger partial charge in [0, 0.05) is 29.6 Å². The number of aliphatic hydroxyl groups is 1. The third-order valence-electron chi connectivity index (χ3n) is 4.53. The highest BCUT2D eigenvalue weighted by Crippen LogP contribution is 2.35. The molecule has 1 aliphatic carbocycles. The van der Waals surface area contributed by atoms with Crippen molar-refractivity contribution in [3.63, 3.8) is 0 Å². The molecule has 1 saturated heterocycles. The zero-order valence-corrected chi connectivity index (χ0v) is 11.6. The first-order chi connectivity index (χ1) is 8.84. The van der Waals surface area contributed by atoms with Crippen LogP contribution in [0, 0.1) is 5.92 Å². The number of hydrogen-bond donors (Lipinski definition) is 1. The molecule has 2 fully saturated rings. The maximum Gasteiger partial charge on any atom is 0.0794 e. The Balaban J connectivity index is 1.66. The second-order valence-corrected chi connectivity index (χ2v) is 6.63. The Kier molecular flexibility index (Phi) is 3.97. The second-order valence-electron chi connectivity index (χ2n) is 5.66. The number of hydrogen-bond acceptors (Lipinski definition) is 4. The Morgan fingerprint density at radius 2 is 2.17 bits per heavy atom. The van der Waals surface area contributed by atoms with Crippen molar-refractivity contribution in [3.8, 4) is 0 Å². The van der Waals surface area contributed by atoms with E-state index in [1.807, 2.05) is 11.7 Å². The average Bonchev–Trinajstić information content (AvgIpc) is 3.02. The molecule has 18 heavy (non-hydrogen) atoms.